The molecule has 0 aliphatic carbocycles. The van der Waals surface area contributed by atoms with Crippen molar-refractivity contribution in [2.75, 3.05) is 0 Å². The van der Waals surface area contributed by atoms with Crippen molar-refractivity contribution >= 4 is 0 Å². The summed E-state index contributed by atoms with van der Waals surface area (Å²) in [5, 5.41) is 8.64. The number of hydrogen-bond acceptors (Lipinski definition) is 2. The second kappa shape index (κ2) is 4.81. The molecule has 0 amide bonds. The Balaban J connectivity index is 2.21. The van der Waals surface area contributed by atoms with Crippen LogP contribution >= 0.6 is 0 Å². The van der Waals surface area contributed by atoms with E-state index in [0.717, 1.165) is 5.56 Å². The fourth-order valence-corrected chi connectivity index (χ4v) is 1.65. The predicted molar refractivity (Wildman–Crippen MR) is 62.5 cm³/mol. The number of nitrogens with two attached hydrogens (primary N) is 1. The maximum absolute atomic E-state index is 13.6. The first-order valence-electron chi connectivity index (χ1n) is 5.26. The molecule has 0 aliphatic heterocycles. The molecule has 0 atom stereocenters. The van der Waals surface area contributed by atoms with Gasteiger partial charge in [0.1, 0.15) is 5.82 Å². The maximum Gasteiger partial charge on any atom is 0.129 e. The van der Waals surface area contributed by atoms with Crippen molar-refractivity contribution in [3.05, 3.63) is 59.2 Å². The van der Waals surface area contributed by atoms with Gasteiger partial charge in [0.2, 0.25) is 0 Å². The van der Waals surface area contributed by atoms with E-state index in [9.17, 15) is 4.39 Å². The maximum atomic E-state index is 13.6. The average Bonchev–Trinajstić information content (AvgIpc) is 2.79. The van der Waals surface area contributed by atoms with Gasteiger partial charge >= 0.3 is 0 Å². The largest absolute Gasteiger partial charge is 0.349 e. The van der Waals surface area contributed by atoms with Crippen LogP contribution in [-0.4, -0.2) is 4.57 Å². The molecule has 4 heteroatoms. The van der Waals surface area contributed by atoms with Gasteiger partial charge in [0.05, 0.1) is 11.6 Å². The van der Waals surface area contributed by atoms with E-state index in [1.54, 1.807) is 12.1 Å². The smallest absolute Gasteiger partial charge is 0.129 e. The van der Waals surface area contributed by atoms with Crippen molar-refractivity contribution in [3.63, 3.8) is 0 Å². The molecule has 1 aromatic carbocycles. The molecule has 2 rings (SSSR count). The number of nitriles is 1. The molecule has 0 fully saturated rings. The summed E-state index contributed by atoms with van der Waals surface area (Å²) in [6, 6.07) is 8.32. The van der Waals surface area contributed by atoms with E-state index >= 15 is 0 Å². The fourth-order valence-electron chi connectivity index (χ4n) is 1.65. The number of aromatic nitrogens is 1. The van der Waals surface area contributed by atoms with Crippen molar-refractivity contribution in [2.45, 2.75) is 13.1 Å². The van der Waals surface area contributed by atoms with Gasteiger partial charge in [-0.05, 0) is 23.8 Å². The lowest BCUT2D eigenvalue weighted by molar-refractivity contribution is 0.599. The third-order valence-electron chi connectivity index (χ3n) is 2.58. The molecule has 0 aliphatic rings. The highest BCUT2D eigenvalue weighted by Gasteiger charge is 2.04. The molecular formula is C13H12FN3. The van der Waals surface area contributed by atoms with Crippen LogP contribution in [0.2, 0.25) is 0 Å². The molecule has 1 aromatic heterocycles. The molecule has 17 heavy (non-hydrogen) atoms. The summed E-state index contributed by atoms with van der Waals surface area (Å²) in [6.45, 7) is 0.917. The minimum Gasteiger partial charge on any atom is -0.349 e. The van der Waals surface area contributed by atoms with E-state index in [1.165, 1.54) is 6.07 Å². The van der Waals surface area contributed by atoms with Crippen LogP contribution < -0.4 is 5.73 Å². The van der Waals surface area contributed by atoms with Crippen LogP contribution in [-0.2, 0) is 13.1 Å². The van der Waals surface area contributed by atoms with Gasteiger partial charge < -0.3 is 10.3 Å². The zero-order valence-electron chi connectivity index (χ0n) is 9.23. The molecule has 2 N–H and O–H groups in total. The minimum atomic E-state index is -0.355. The van der Waals surface area contributed by atoms with Gasteiger partial charge in [-0.25, -0.2) is 4.39 Å². The van der Waals surface area contributed by atoms with Crippen molar-refractivity contribution in [1.82, 2.24) is 4.57 Å². The molecular weight excluding hydrogens is 217 g/mol. The van der Waals surface area contributed by atoms with Crippen molar-refractivity contribution in [3.8, 4) is 6.07 Å². The number of halogens is 1. The van der Waals surface area contributed by atoms with E-state index < -0.39 is 0 Å². The fraction of sp³-hybridized carbons (Fsp3) is 0.154. The van der Waals surface area contributed by atoms with E-state index in [0.29, 0.717) is 24.2 Å². The monoisotopic (exact) mass is 229 g/mol. The van der Waals surface area contributed by atoms with Gasteiger partial charge in [-0.15, -0.1) is 0 Å². The molecule has 0 bridgehead atoms. The zero-order chi connectivity index (χ0) is 12.3. The Morgan fingerprint density at radius 2 is 2.18 bits per heavy atom. The van der Waals surface area contributed by atoms with E-state index in [1.807, 2.05) is 29.1 Å². The van der Waals surface area contributed by atoms with Crippen molar-refractivity contribution < 1.29 is 4.39 Å². The number of benzene rings is 1. The first kappa shape index (κ1) is 11.4. The summed E-state index contributed by atoms with van der Waals surface area (Å²) in [6.07, 6.45) is 3.75. The van der Waals surface area contributed by atoms with Gasteiger partial charge in [0, 0.05) is 31.0 Å². The Bertz CT molecular complexity index is 566. The van der Waals surface area contributed by atoms with Gasteiger partial charge in [-0.3, -0.25) is 0 Å². The highest BCUT2D eigenvalue weighted by molar-refractivity contribution is 5.33. The Labute approximate surface area is 98.9 Å². The van der Waals surface area contributed by atoms with E-state index in [-0.39, 0.29) is 5.82 Å². The Morgan fingerprint density at radius 1 is 1.35 bits per heavy atom. The Morgan fingerprint density at radius 3 is 2.76 bits per heavy atom. The lowest BCUT2D eigenvalue weighted by Crippen LogP contribution is -2.00. The van der Waals surface area contributed by atoms with Gasteiger partial charge in [0.25, 0.3) is 0 Å². The number of rotatable bonds is 3. The predicted octanol–water partition coefficient (Wildman–Crippen LogP) is 2.01. The number of nitrogens with zero attached hydrogens (tertiary/aromatic N) is 2. The summed E-state index contributed by atoms with van der Waals surface area (Å²) in [4.78, 5) is 0. The quantitative estimate of drug-likeness (QED) is 0.875. The number of hydrogen-bond donors (Lipinski definition) is 1. The zero-order valence-corrected chi connectivity index (χ0v) is 9.23. The summed E-state index contributed by atoms with van der Waals surface area (Å²) in [7, 11) is 0. The van der Waals surface area contributed by atoms with Crippen LogP contribution in [0.4, 0.5) is 4.39 Å². The summed E-state index contributed by atoms with van der Waals surface area (Å²) in [5.41, 5.74) is 7.41. The van der Waals surface area contributed by atoms with Crippen LogP contribution in [0, 0.1) is 17.1 Å². The third kappa shape index (κ3) is 2.52. The standard InChI is InChI=1S/C13H12FN3/c14-13-5-10(6-15)1-2-12(13)9-17-4-3-11(7-16)8-17/h1-5,8H,7,9,16H2. The van der Waals surface area contributed by atoms with Crippen LogP contribution in [0.25, 0.3) is 0 Å². The average molecular weight is 229 g/mol. The molecule has 1 heterocycles. The van der Waals surface area contributed by atoms with Crippen LogP contribution in [0.3, 0.4) is 0 Å². The first-order chi connectivity index (χ1) is 8.22. The molecule has 0 radical (unpaired) electrons. The first-order valence-corrected chi connectivity index (χ1v) is 5.26. The highest BCUT2D eigenvalue weighted by atomic mass is 19.1. The van der Waals surface area contributed by atoms with Crippen molar-refractivity contribution in [1.29, 1.82) is 5.26 Å². The molecule has 0 unspecified atom stereocenters. The second-order valence-electron chi connectivity index (χ2n) is 3.81. The Hall–Kier alpha value is -2.12. The molecule has 0 spiro atoms. The third-order valence-corrected chi connectivity index (χ3v) is 2.58. The van der Waals surface area contributed by atoms with Crippen LogP contribution in [0.15, 0.2) is 36.7 Å². The molecule has 0 saturated heterocycles. The van der Waals surface area contributed by atoms with E-state index in [2.05, 4.69) is 0 Å². The highest BCUT2D eigenvalue weighted by Crippen LogP contribution is 2.12. The topological polar surface area (TPSA) is 54.7 Å². The second-order valence-corrected chi connectivity index (χ2v) is 3.81. The SMILES string of the molecule is N#Cc1ccc(Cn2ccc(CN)c2)c(F)c1. The normalized spacial score (nSPS) is 10.2. The van der Waals surface area contributed by atoms with E-state index in [4.69, 9.17) is 11.0 Å². The molecule has 3 nitrogen and oxygen atoms in total. The molecule has 2 aromatic rings. The minimum absolute atomic E-state index is 0.335. The Kier molecular flexibility index (Phi) is 3.22. The van der Waals surface area contributed by atoms with Crippen LogP contribution in [0.5, 0.6) is 0 Å². The van der Waals surface area contributed by atoms with Crippen LogP contribution in [0.1, 0.15) is 16.7 Å². The molecule has 0 saturated carbocycles. The summed E-state index contributed by atoms with van der Waals surface area (Å²) < 4.78 is 15.5. The van der Waals surface area contributed by atoms with Gasteiger partial charge in [0.15, 0.2) is 0 Å². The lowest BCUT2D eigenvalue weighted by Gasteiger charge is -2.05. The lowest BCUT2D eigenvalue weighted by atomic mass is 10.1. The van der Waals surface area contributed by atoms with Crippen molar-refractivity contribution in [2.24, 2.45) is 5.73 Å². The van der Waals surface area contributed by atoms with Gasteiger partial charge in [-0.1, -0.05) is 6.07 Å². The summed E-state index contributed by atoms with van der Waals surface area (Å²) in [5.74, 6) is -0.355. The van der Waals surface area contributed by atoms with Gasteiger partial charge in [-0.2, -0.15) is 5.26 Å². The molecule has 86 valence electrons. The summed E-state index contributed by atoms with van der Waals surface area (Å²) >= 11 is 0.